The minimum atomic E-state index is -0.445. The van der Waals surface area contributed by atoms with Crippen LogP contribution in [0.2, 0.25) is 5.02 Å². The largest absolute Gasteiger partial charge is 0.388 e. The Morgan fingerprint density at radius 1 is 1.43 bits per heavy atom. The molecule has 0 bridgehead atoms. The number of benzene rings is 1. The SMILES string of the molecule is CNc1ccnc2cc(F)c(Cl)cc12. The third-order valence-electron chi connectivity index (χ3n) is 2.05. The predicted octanol–water partition coefficient (Wildman–Crippen LogP) is 3.07. The molecule has 0 saturated heterocycles. The van der Waals surface area contributed by atoms with Crippen LogP contribution < -0.4 is 5.32 Å². The Balaban J connectivity index is 2.81. The van der Waals surface area contributed by atoms with Gasteiger partial charge in [-0.2, -0.15) is 0 Å². The lowest BCUT2D eigenvalue weighted by atomic mass is 10.2. The second-order valence-electron chi connectivity index (χ2n) is 2.89. The number of pyridine rings is 1. The van der Waals surface area contributed by atoms with E-state index in [1.54, 1.807) is 19.3 Å². The fourth-order valence-electron chi connectivity index (χ4n) is 1.36. The maximum Gasteiger partial charge on any atom is 0.143 e. The van der Waals surface area contributed by atoms with Gasteiger partial charge in [-0.3, -0.25) is 4.98 Å². The van der Waals surface area contributed by atoms with Crippen molar-refractivity contribution in [2.24, 2.45) is 0 Å². The lowest BCUT2D eigenvalue weighted by Crippen LogP contribution is -1.91. The lowest BCUT2D eigenvalue weighted by Gasteiger charge is -2.05. The highest BCUT2D eigenvalue weighted by molar-refractivity contribution is 6.31. The van der Waals surface area contributed by atoms with E-state index in [0.717, 1.165) is 11.1 Å². The van der Waals surface area contributed by atoms with E-state index < -0.39 is 5.82 Å². The standard InChI is InChI=1S/C10H8ClFN2/c1-13-9-2-3-14-10-5-8(12)7(11)4-6(9)10/h2-5H,1H3,(H,13,14). The number of nitrogens with one attached hydrogen (secondary N) is 1. The molecule has 14 heavy (non-hydrogen) atoms. The topological polar surface area (TPSA) is 24.9 Å². The fourth-order valence-corrected chi connectivity index (χ4v) is 1.52. The van der Waals surface area contributed by atoms with E-state index in [0.29, 0.717) is 5.52 Å². The van der Waals surface area contributed by atoms with Crippen molar-refractivity contribution in [2.45, 2.75) is 0 Å². The first-order chi connectivity index (χ1) is 6.72. The summed E-state index contributed by atoms with van der Waals surface area (Å²) in [5.74, 6) is -0.445. The monoisotopic (exact) mass is 210 g/mol. The summed E-state index contributed by atoms with van der Waals surface area (Å²) < 4.78 is 13.1. The highest BCUT2D eigenvalue weighted by Gasteiger charge is 2.05. The summed E-state index contributed by atoms with van der Waals surface area (Å²) in [6, 6.07) is 4.72. The number of anilines is 1. The van der Waals surface area contributed by atoms with Crippen molar-refractivity contribution < 1.29 is 4.39 Å². The molecule has 0 unspecified atom stereocenters. The van der Waals surface area contributed by atoms with Gasteiger partial charge >= 0.3 is 0 Å². The molecule has 72 valence electrons. The van der Waals surface area contributed by atoms with E-state index in [2.05, 4.69) is 10.3 Å². The molecule has 1 N–H and O–H groups in total. The van der Waals surface area contributed by atoms with Crippen LogP contribution in [0.5, 0.6) is 0 Å². The molecular weight excluding hydrogens is 203 g/mol. The van der Waals surface area contributed by atoms with Crippen LogP contribution in [0.15, 0.2) is 24.4 Å². The van der Waals surface area contributed by atoms with Crippen LogP contribution in [-0.4, -0.2) is 12.0 Å². The second-order valence-corrected chi connectivity index (χ2v) is 3.30. The van der Waals surface area contributed by atoms with Crippen molar-refractivity contribution in [1.29, 1.82) is 0 Å². The van der Waals surface area contributed by atoms with Crippen LogP contribution in [0.3, 0.4) is 0 Å². The molecule has 0 fully saturated rings. The predicted molar refractivity (Wildman–Crippen MR) is 56.3 cm³/mol. The molecule has 2 aromatic rings. The van der Waals surface area contributed by atoms with Gasteiger partial charge in [-0.1, -0.05) is 11.6 Å². The number of halogens is 2. The smallest absolute Gasteiger partial charge is 0.143 e. The van der Waals surface area contributed by atoms with Crippen molar-refractivity contribution >= 4 is 28.2 Å². The van der Waals surface area contributed by atoms with Crippen LogP contribution >= 0.6 is 11.6 Å². The Bertz CT molecular complexity index is 485. The summed E-state index contributed by atoms with van der Waals surface area (Å²) in [5, 5.41) is 3.93. The molecule has 0 aliphatic carbocycles. The van der Waals surface area contributed by atoms with Crippen molar-refractivity contribution in [3.8, 4) is 0 Å². The molecular formula is C10H8ClFN2. The highest BCUT2D eigenvalue weighted by atomic mass is 35.5. The zero-order valence-corrected chi connectivity index (χ0v) is 8.27. The van der Waals surface area contributed by atoms with Crippen LogP contribution in [0, 0.1) is 5.82 Å². The van der Waals surface area contributed by atoms with Crippen molar-refractivity contribution in [3.63, 3.8) is 0 Å². The van der Waals surface area contributed by atoms with Crippen LogP contribution in [-0.2, 0) is 0 Å². The van der Waals surface area contributed by atoms with E-state index >= 15 is 0 Å². The van der Waals surface area contributed by atoms with E-state index in [4.69, 9.17) is 11.6 Å². The Morgan fingerprint density at radius 2 is 2.21 bits per heavy atom. The molecule has 0 amide bonds. The highest BCUT2D eigenvalue weighted by Crippen LogP contribution is 2.26. The molecule has 1 aromatic heterocycles. The van der Waals surface area contributed by atoms with Gasteiger partial charge in [0, 0.05) is 30.4 Å². The summed E-state index contributed by atoms with van der Waals surface area (Å²) in [7, 11) is 1.80. The first kappa shape index (κ1) is 9.21. The van der Waals surface area contributed by atoms with Gasteiger partial charge in [0.05, 0.1) is 10.5 Å². The number of hydrogen-bond acceptors (Lipinski definition) is 2. The first-order valence-electron chi connectivity index (χ1n) is 4.14. The molecule has 0 atom stereocenters. The Hall–Kier alpha value is -1.35. The zero-order chi connectivity index (χ0) is 10.1. The van der Waals surface area contributed by atoms with E-state index in [-0.39, 0.29) is 5.02 Å². The van der Waals surface area contributed by atoms with E-state index in [1.165, 1.54) is 6.07 Å². The van der Waals surface area contributed by atoms with Gasteiger partial charge in [0.2, 0.25) is 0 Å². The maximum absolute atomic E-state index is 13.1. The average Bonchev–Trinajstić information content (AvgIpc) is 2.19. The maximum atomic E-state index is 13.1. The molecule has 0 aliphatic rings. The molecule has 2 rings (SSSR count). The fraction of sp³-hybridized carbons (Fsp3) is 0.100. The molecule has 1 heterocycles. The molecule has 4 heteroatoms. The van der Waals surface area contributed by atoms with Crippen molar-refractivity contribution in [2.75, 3.05) is 12.4 Å². The second kappa shape index (κ2) is 3.42. The zero-order valence-electron chi connectivity index (χ0n) is 7.51. The average molecular weight is 211 g/mol. The van der Waals surface area contributed by atoms with Crippen molar-refractivity contribution in [3.05, 3.63) is 35.2 Å². The Kier molecular flexibility index (Phi) is 2.25. The molecule has 2 nitrogen and oxygen atoms in total. The van der Waals surface area contributed by atoms with Gasteiger partial charge < -0.3 is 5.32 Å². The number of fused-ring (bicyclic) bond motifs is 1. The van der Waals surface area contributed by atoms with Gasteiger partial charge in [-0.15, -0.1) is 0 Å². The molecule has 0 saturated carbocycles. The number of hydrogen-bond donors (Lipinski definition) is 1. The van der Waals surface area contributed by atoms with E-state index in [9.17, 15) is 4.39 Å². The Labute approximate surface area is 85.7 Å². The minimum Gasteiger partial charge on any atom is -0.388 e. The van der Waals surface area contributed by atoms with Gasteiger partial charge in [-0.25, -0.2) is 4.39 Å². The molecule has 0 spiro atoms. The van der Waals surface area contributed by atoms with Gasteiger partial charge in [-0.05, 0) is 12.1 Å². The Morgan fingerprint density at radius 3 is 2.93 bits per heavy atom. The molecule has 0 aliphatic heterocycles. The van der Waals surface area contributed by atoms with Gasteiger partial charge in [0.1, 0.15) is 5.82 Å². The number of nitrogens with zero attached hydrogens (tertiary/aromatic N) is 1. The number of aromatic nitrogens is 1. The molecule has 0 radical (unpaired) electrons. The lowest BCUT2D eigenvalue weighted by molar-refractivity contribution is 0.630. The normalized spacial score (nSPS) is 10.5. The van der Waals surface area contributed by atoms with Gasteiger partial charge in [0.25, 0.3) is 0 Å². The summed E-state index contributed by atoms with van der Waals surface area (Å²) >= 11 is 5.69. The van der Waals surface area contributed by atoms with Crippen LogP contribution in [0.4, 0.5) is 10.1 Å². The van der Waals surface area contributed by atoms with Crippen molar-refractivity contribution in [1.82, 2.24) is 4.98 Å². The third-order valence-corrected chi connectivity index (χ3v) is 2.34. The quantitative estimate of drug-likeness (QED) is 0.783. The third kappa shape index (κ3) is 1.40. The van der Waals surface area contributed by atoms with Crippen LogP contribution in [0.25, 0.3) is 10.9 Å². The summed E-state index contributed by atoms with van der Waals surface area (Å²) in [5.41, 5.74) is 1.48. The molecule has 1 aromatic carbocycles. The first-order valence-corrected chi connectivity index (χ1v) is 4.51. The number of rotatable bonds is 1. The summed E-state index contributed by atoms with van der Waals surface area (Å²) in [4.78, 5) is 4.05. The summed E-state index contributed by atoms with van der Waals surface area (Å²) in [6.45, 7) is 0. The van der Waals surface area contributed by atoms with E-state index in [1.807, 2.05) is 6.07 Å². The summed E-state index contributed by atoms with van der Waals surface area (Å²) in [6.07, 6.45) is 1.63. The van der Waals surface area contributed by atoms with Gasteiger partial charge in [0.15, 0.2) is 0 Å². The van der Waals surface area contributed by atoms with Crippen LogP contribution in [0.1, 0.15) is 0 Å². The minimum absolute atomic E-state index is 0.113.